The minimum atomic E-state index is -0.172. The van der Waals surface area contributed by atoms with E-state index in [-0.39, 0.29) is 5.91 Å². The van der Waals surface area contributed by atoms with Crippen LogP contribution in [0.3, 0.4) is 0 Å². The molecule has 1 heterocycles. The van der Waals surface area contributed by atoms with Crippen molar-refractivity contribution in [2.45, 2.75) is 55.7 Å². The molecule has 1 fully saturated rings. The Hall–Kier alpha value is -1.72. The summed E-state index contributed by atoms with van der Waals surface area (Å²) >= 11 is 1.97. The van der Waals surface area contributed by atoms with Gasteiger partial charge in [-0.25, -0.2) is 0 Å². The highest BCUT2D eigenvalue weighted by atomic mass is 32.2. The summed E-state index contributed by atoms with van der Waals surface area (Å²) in [6, 6.07) is 7.93. The number of amides is 1. The largest absolute Gasteiger partial charge is 0.467 e. The van der Waals surface area contributed by atoms with Crippen molar-refractivity contribution in [1.82, 2.24) is 0 Å². The summed E-state index contributed by atoms with van der Waals surface area (Å²) in [5, 5.41) is 3.68. The van der Waals surface area contributed by atoms with Gasteiger partial charge in [0.1, 0.15) is 12.0 Å². The molecule has 1 aromatic carbocycles. The number of benzene rings is 1. The summed E-state index contributed by atoms with van der Waals surface area (Å²) in [6.45, 7) is 2.32. The number of nitrogens with two attached hydrogens (primary N) is 1. The molecule has 128 valence electrons. The Morgan fingerprint density at radius 1 is 1.29 bits per heavy atom. The summed E-state index contributed by atoms with van der Waals surface area (Å²) in [6.07, 6.45) is 8.14. The summed E-state index contributed by atoms with van der Waals surface area (Å²) in [7, 11) is 0. The van der Waals surface area contributed by atoms with Crippen LogP contribution in [0.25, 0.3) is 0 Å². The standard InChI is InChI=1S/C19H24N2O2S/c1-13-9-17(24-16-5-3-2-4-6-16)7-8-18(13)21-19(22)14-10-15(11-20)23-12-14/h7-10,12,16H,2-6,11,20H2,1H3,(H,21,22). The van der Waals surface area contributed by atoms with E-state index < -0.39 is 0 Å². The highest BCUT2D eigenvalue weighted by Crippen LogP contribution is 2.35. The van der Waals surface area contributed by atoms with E-state index in [1.54, 1.807) is 6.07 Å². The van der Waals surface area contributed by atoms with Crippen LogP contribution >= 0.6 is 11.8 Å². The van der Waals surface area contributed by atoms with Gasteiger partial charge in [-0.3, -0.25) is 4.79 Å². The first-order valence-corrected chi connectivity index (χ1v) is 9.40. The van der Waals surface area contributed by atoms with Gasteiger partial charge in [-0.2, -0.15) is 0 Å². The lowest BCUT2D eigenvalue weighted by atomic mass is 10.0. The first kappa shape index (κ1) is 17.1. The highest BCUT2D eigenvalue weighted by molar-refractivity contribution is 8.00. The lowest BCUT2D eigenvalue weighted by molar-refractivity contribution is 0.102. The molecule has 4 nitrogen and oxygen atoms in total. The topological polar surface area (TPSA) is 68.3 Å². The van der Waals surface area contributed by atoms with Crippen LogP contribution in [0.15, 0.2) is 39.8 Å². The predicted molar refractivity (Wildman–Crippen MR) is 98.5 cm³/mol. The van der Waals surface area contributed by atoms with E-state index >= 15 is 0 Å². The third-order valence-corrected chi connectivity index (χ3v) is 5.75. The lowest BCUT2D eigenvalue weighted by Crippen LogP contribution is -2.12. The van der Waals surface area contributed by atoms with E-state index in [0.717, 1.165) is 16.5 Å². The normalized spacial score (nSPS) is 15.4. The van der Waals surface area contributed by atoms with E-state index in [0.29, 0.717) is 17.9 Å². The van der Waals surface area contributed by atoms with Crippen molar-refractivity contribution in [3.05, 3.63) is 47.4 Å². The Bertz CT molecular complexity index is 705. The van der Waals surface area contributed by atoms with E-state index in [2.05, 4.69) is 17.4 Å². The molecule has 24 heavy (non-hydrogen) atoms. The second-order valence-electron chi connectivity index (χ2n) is 6.31. The first-order chi connectivity index (χ1) is 11.7. The maximum absolute atomic E-state index is 12.3. The van der Waals surface area contributed by atoms with Crippen molar-refractivity contribution in [3.63, 3.8) is 0 Å². The zero-order valence-electron chi connectivity index (χ0n) is 14.0. The fourth-order valence-electron chi connectivity index (χ4n) is 3.03. The number of aryl methyl sites for hydroxylation is 1. The molecule has 1 amide bonds. The van der Waals surface area contributed by atoms with Gasteiger partial charge < -0.3 is 15.5 Å². The number of thioether (sulfide) groups is 1. The Kier molecular flexibility index (Phi) is 5.63. The maximum atomic E-state index is 12.3. The molecular formula is C19H24N2O2S. The molecular weight excluding hydrogens is 320 g/mol. The molecule has 3 N–H and O–H groups in total. The van der Waals surface area contributed by atoms with Crippen LogP contribution in [0.1, 0.15) is 53.8 Å². The quantitative estimate of drug-likeness (QED) is 0.823. The summed E-state index contributed by atoms with van der Waals surface area (Å²) in [4.78, 5) is 13.6. The third-order valence-electron chi connectivity index (χ3n) is 4.42. The number of hydrogen-bond donors (Lipinski definition) is 2. The molecule has 1 aromatic heterocycles. The molecule has 0 atom stereocenters. The van der Waals surface area contributed by atoms with Crippen LogP contribution in [0.5, 0.6) is 0 Å². The number of carbonyl (C=O) groups is 1. The van der Waals surface area contributed by atoms with Crippen molar-refractivity contribution in [3.8, 4) is 0 Å². The summed E-state index contributed by atoms with van der Waals surface area (Å²) in [5.41, 5.74) is 7.91. The van der Waals surface area contributed by atoms with Crippen LogP contribution in [-0.2, 0) is 6.54 Å². The van der Waals surface area contributed by atoms with Gasteiger partial charge in [0.2, 0.25) is 0 Å². The van der Waals surface area contributed by atoms with Crippen molar-refractivity contribution in [2.24, 2.45) is 5.73 Å². The molecule has 2 aromatic rings. The van der Waals surface area contributed by atoms with Crippen molar-refractivity contribution < 1.29 is 9.21 Å². The van der Waals surface area contributed by atoms with Gasteiger partial charge in [0.05, 0.1) is 12.1 Å². The second-order valence-corrected chi connectivity index (χ2v) is 7.69. The number of hydrogen-bond acceptors (Lipinski definition) is 4. The van der Waals surface area contributed by atoms with Crippen LogP contribution in [0, 0.1) is 6.92 Å². The molecule has 3 rings (SSSR count). The van der Waals surface area contributed by atoms with Gasteiger partial charge in [0.15, 0.2) is 0 Å². The Labute approximate surface area is 147 Å². The molecule has 0 aliphatic heterocycles. The molecule has 1 aliphatic rings. The average molecular weight is 344 g/mol. The van der Waals surface area contributed by atoms with Gasteiger partial charge >= 0.3 is 0 Å². The summed E-state index contributed by atoms with van der Waals surface area (Å²) in [5.74, 6) is 0.435. The van der Waals surface area contributed by atoms with Gasteiger partial charge in [-0.1, -0.05) is 19.3 Å². The highest BCUT2D eigenvalue weighted by Gasteiger charge is 2.16. The molecule has 0 radical (unpaired) electrons. The van der Waals surface area contributed by atoms with Gasteiger partial charge in [0.25, 0.3) is 5.91 Å². The first-order valence-electron chi connectivity index (χ1n) is 8.52. The van der Waals surface area contributed by atoms with Crippen LogP contribution < -0.4 is 11.1 Å². The van der Waals surface area contributed by atoms with Crippen molar-refractivity contribution >= 4 is 23.4 Å². The lowest BCUT2D eigenvalue weighted by Gasteiger charge is -2.21. The zero-order chi connectivity index (χ0) is 16.9. The van der Waals surface area contributed by atoms with Crippen molar-refractivity contribution in [1.29, 1.82) is 0 Å². The Balaban J connectivity index is 1.64. The maximum Gasteiger partial charge on any atom is 0.258 e. The van der Waals surface area contributed by atoms with E-state index in [1.807, 2.05) is 24.8 Å². The molecule has 5 heteroatoms. The Morgan fingerprint density at radius 3 is 2.75 bits per heavy atom. The second kappa shape index (κ2) is 7.90. The monoisotopic (exact) mass is 344 g/mol. The van der Waals surface area contributed by atoms with E-state index in [4.69, 9.17) is 10.2 Å². The minimum Gasteiger partial charge on any atom is -0.467 e. The van der Waals surface area contributed by atoms with Gasteiger partial charge in [0, 0.05) is 15.8 Å². The molecule has 1 saturated carbocycles. The van der Waals surface area contributed by atoms with Crippen molar-refractivity contribution in [2.75, 3.05) is 5.32 Å². The van der Waals surface area contributed by atoms with Gasteiger partial charge in [-0.15, -0.1) is 11.8 Å². The van der Waals surface area contributed by atoms with E-state index in [9.17, 15) is 4.79 Å². The Morgan fingerprint density at radius 2 is 2.08 bits per heavy atom. The van der Waals surface area contributed by atoms with Gasteiger partial charge in [-0.05, 0) is 49.6 Å². The molecule has 1 aliphatic carbocycles. The third kappa shape index (κ3) is 4.22. The number of furan rings is 1. The molecule has 0 saturated heterocycles. The van der Waals surface area contributed by atoms with Crippen LogP contribution in [0.2, 0.25) is 0 Å². The number of carbonyl (C=O) groups excluding carboxylic acids is 1. The van der Waals surface area contributed by atoms with Crippen LogP contribution in [0.4, 0.5) is 5.69 Å². The fraction of sp³-hybridized carbons (Fsp3) is 0.421. The molecule has 0 unspecified atom stereocenters. The fourth-order valence-corrected chi connectivity index (χ4v) is 4.37. The minimum absolute atomic E-state index is 0.172. The zero-order valence-corrected chi connectivity index (χ0v) is 14.8. The smallest absolute Gasteiger partial charge is 0.258 e. The number of anilines is 1. The van der Waals surface area contributed by atoms with E-state index in [1.165, 1.54) is 43.3 Å². The number of rotatable bonds is 5. The molecule has 0 spiro atoms. The van der Waals surface area contributed by atoms with Crippen LogP contribution in [-0.4, -0.2) is 11.2 Å². The average Bonchev–Trinajstić information content (AvgIpc) is 3.07. The SMILES string of the molecule is Cc1cc(SC2CCCCC2)ccc1NC(=O)c1coc(CN)c1. The predicted octanol–water partition coefficient (Wildman–Crippen LogP) is 4.72. The number of nitrogens with one attached hydrogen (secondary N) is 1. The summed E-state index contributed by atoms with van der Waals surface area (Å²) < 4.78 is 5.22. The molecule has 0 bridgehead atoms.